The number of carbonyl (C=O) groups is 1. The number of hydrogen-bond donors (Lipinski definition) is 2. The van der Waals surface area contributed by atoms with Crippen LogP contribution in [-0.2, 0) is 0 Å². The molecule has 0 aliphatic rings. The molecule has 0 aliphatic carbocycles. The summed E-state index contributed by atoms with van der Waals surface area (Å²) in [6.45, 7) is 2.12. The Kier molecular flexibility index (Phi) is 6.16. The van der Waals surface area contributed by atoms with E-state index in [1.54, 1.807) is 12.1 Å². The summed E-state index contributed by atoms with van der Waals surface area (Å²) in [6.07, 6.45) is 0. The first kappa shape index (κ1) is 18.7. The molecule has 0 heterocycles. The van der Waals surface area contributed by atoms with Crippen LogP contribution >= 0.6 is 34.2 Å². The average Bonchev–Trinajstić information content (AvgIpc) is 2.66. The van der Waals surface area contributed by atoms with E-state index < -0.39 is 0 Å². The highest BCUT2D eigenvalue weighted by Gasteiger charge is 2.11. The van der Waals surface area contributed by atoms with Gasteiger partial charge in [-0.25, -0.2) is 0 Å². The van der Waals surface area contributed by atoms with Gasteiger partial charge in [0.05, 0.1) is 5.56 Å². The smallest absolute Gasteiger partial charge is 0.256 e. The zero-order valence-corrected chi connectivity index (χ0v) is 17.1. The predicted octanol–water partition coefficient (Wildman–Crippen LogP) is 6.37. The highest BCUT2D eigenvalue weighted by molar-refractivity contribution is 14.1. The average molecular weight is 477 g/mol. The number of amides is 1. The zero-order valence-electron chi connectivity index (χ0n) is 14.2. The Morgan fingerprint density at radius 2 is 1.62 bits per heavy atom. The molecule has 0 saturated heterocycles. The molecule has 3 aromatic carbocycles. The number of nitrogens with one attached hydrogen (secondary N) is 2. The van der Waals surface area contributed by atoms with E-state index in [9.17, 15) is 4.79 Å². The fraction of sp³-hybridized carbons (Fsp3) is 0.0952. The third kappa shape index (κ3) is 4.77. The van der Waals surface area contributed by atoms with Crippen molar-refractivity contribution < 1.29 is 4.79 Å². The summed E-state index contributed by atoms with van der Waals surface area (Å²) in [5, 5.41) is 6.91. The number of hydrogen-bond acceptors (Lipinski definition) is 2. The molecule has 0 radical (unpaired) electrons. The van der Waals surface area contributed by atoms with Gasteiger partial charge >= 0.3 is 0 Å². The van der Waals surface area contributed by atoms with Gasteiger partial charge in [0, 0.05) is 26.0 Å². The van der Waals surface area contributed by atoms with E-state index in [1.165, 1.54) is 5.56 Å². The van der Waals surface area contributed by atoms with Gasteiger partial charge in [0.1, 0.15) is 0 Å². The molecule has 0 fully saturated rings. The Labute approximate surface area is 171 Å². The standard InChI is InChI=1S/C21H18ClIN2O/c1-14(15-5-3-2-4-6-15)24-17-8-10-18(11-9-17)25-21(26)19-13-16(22)7-12-20(19)23/h2-14,24H,1H3,(H,25,26). The first-order chi connectivity index (χ1) is 12.5. The van der Waals surface area contributed by atoms with E-state index in [-0.39, 0.29) is 11.9 Å². The summed E-state index contributed by atoms with van der Waals surface area (Å²) < 4.78 is 0.861. The third-order valence-corrected chi connectivity index (χ3v) is 5.17. The highest BCUT2D eigenvalue weighted by Crippen LogP contribution is 2.22. The fourth-order valence-electron chi connectivity index (χ4n) is 2.59. The lowest BCUT2D eigenvalue weighted by molar-refractivity contribution is 0.102. The monoisotopic (exact) mass is 476 g/mol. The van der Waals surface area contributed by atoms with Crippen LogP contribution in [-0.4, -0.2) is 5.91 Å². The minimum atomic E-state index is -0.171. The topological polar surface area (TPSA) is 41.1 Å². The molecule has 0 bridgehead atoms. The minimum absolute atomic E-state index is 0.171. The molecule has 1 atom stereocenters. The lowest BCUT2D eigenvalue weighted by atomic mass is 10.1. The maximum atomic E-state index is 12.4. The van der Waals surface area contributed by atoms with Crippen molar-refractivity contribution >= 4 is 51.5 Å². The van der Waals surface area contributed by atoms with Gasteiger partial charge in [-0.1, -0.05) is 41.9 Å². The summed E-state index contributed by atoms with van der Waals surface area (Å²) in [5.41, 5.74) is 3.53. The van der Waals surface area contributed by atoms with Crippen molar-refractivity contribution in [3.63, 3.8) is 0 Å². The lowest BCUT2D eigenvalue weighted by Gasteiger charge is -2.16. The molecule has 3 rings (SSSR count). The highest BCUT2D eigenvalue weighted by atomic mass is 127. The van der Waals surface area contributed by atoms with Crippen molar-refractivity contribution in [1.29, 1.82) is 0 Å². The van der Waals surface area contributed by atoms with E-state index >= 15 is 0 Å². The van der Waals surface area contributed by atoms with E-state index in [0.29, 0.717) is 10.6 Å². The van der Waals surface area contributed by atoms with Crippen molar-refractivity contribution in [3.8, 4) is 0 Å². The summed E-state index contributed by atoms with van der Waals surface area (Å²) in [5.74, 6) is -0.171. The van der Waals surface area contributed by atoms with E-state index in [4.69, 9.17) is 11.6 Å². The van der Waals surface area contributed by atoms with E-state index in [2.05, 4.69) is 52.3 Å². The molecule has 5 heteroatoms. The molecule has 0 aromatic heterocycles. The fourth-order valence-corrected chi connectivity index (χ4v) is 3.35. The van der Waals surface area contributed by atoms with Crippen LogP contribution in [0.1, 0.15) is 28.9 Å². The Morgan fingerprint density at radius 3 is 2.31 bits per heavy atom. The number of carbonyl (C=O) groups excluding carboxylic acids is 1. The summed E-state index contributed by atoms with van der Waals surface area (Å²) >= 11 is 8.12. The van der Waals surface area contributed by atoms with Gasteiger partial charge in [0.15, 0.2) is 0 Å². The van der Waals surface area contributed by atoms with Crippen molar-refractivity contribution in [3.05, 3.63) is 92.5 Å². The van der Waals surface area contributed by atoms with Crippen molar-refractivity contribution in [2.75, 3.05) is 10.6 Å². The normalized spacial score (nSPS) is 11.7. The third-order valence-electron chi connectivity index (χ3n) is 4.00. The molecular weight excluding hydrogens is 459 g/mol. The van der Waals surface area contributed by atoms with Crippen LogP contribution in [0.25, 0.3) is 0 Å². The van der Waals surface area contributed by atoms with Gasteiger partial charge in [0.25, 0.3) is 5.91 Å². The van der Waals surface area contributed by atoms with Gasteiger partial charge in [-0.3, -0.25) is 4.79 Å². The molecule has 1 unspecified atom stereocenters. The maximum Gasteiger partial charge on any atom is 0.256 e. The summed E-state index contributed by atoms with van der Waals surface area (Å²) in [4.78, 5) is 12.4. The zero-order chi connectivity index (χ0) is 18.5. The molecule has 1 amide bonds. The molecule has 26 heavy (non-hydrogen) atoms. The van der Waals surface area contributed by atoms with Crippen LogP contribution in [0.2, 0.25) is 5.02 Å². The van der Waals surface area contributed by atoms with Crippen LogP contribution in [0, 0.1) is 3.57 Å². The second kappa shape index (κ2) is 8.56. The summed E-state index contributed by atoms with van der Waals surface area (Å²) in [7, 11) is 0. The molecule has 2 N–H and O–H groups in total. The molecule has 0 saturated carbocycles. The molecular formula is C21H18ClIN2O. The molecule has 3 aromatic rings. The first-order valence-corrected chi connectivity index (χ1v) is 9.66. The van der Waals surface area contributed by atoms with Gasteiger partial charge < -0.3 is 10.6 Å². The van der Waals surface area contributed by atoms with Crippen LogP contribution in [0.4, 0.5) is 11.4 Å². The Bertz CT molecular complexity index is 898. The summed E-state index contributed by atoms with van der Waals surface area (Å²) in [6, 6.07) is 23.4. The number of rotatable bonds is 5. The maximum absolute atomic E-state index is 12.4. The number of benzene rings is 3. The van der Waals surface area contributed by atoms with Gasteiger partial charge in [-0.05, 0) is 77.5 Å². The molecule has 3 nitrogen and oxygen atoms in total. The molecule has 0 spiro atoms. The quantitative estimate of drug-likeness (QED) is 0.420. The van der Waals surface area contributed by atoms with Crippen molar-refractivity contribution in [2.45, 2.75) is 13.0 Å². The molecule has 132 valence electrons. The Morgan fingerprint density at radius 1 is 0.962 bits per heavy atom. The Hall–Kier alpha value is -2.05. The van der Waals surface area contributed by atoms with E-state index in [0.717, 1.165) is 14.9 Å². The minimum Gasteiger partial charge on any atom is -0.379 e. The largest absolute Gasteiger partial charge is 0.379 e. The number of halogens is 2. The SMILES string of the molecule is CC(Nc1ccc(NC(=O)c2cc(Cl)ccc2I)cc1)c1ccccc1. The van der Waals surface area contributed by atoms with Crippen LogP contribution in [0.15, 0.2) is 72.8 Å². The van der Waals surface area contributed by atoms with Crippen LogP contribution < -0.4 is 10.6 Å². The molecule has 0 aliphatic heterocycles. The van der Waals surface area contributed by atoms with E-state index in [1.807, 2.05) is 48.5 Å². The second-order valence-electron chi connectivity index (χ2n) is 5.93. The van der Waals surface area contributed by atoms with Crippen molar-refractivity contribution in [1.82, 2.24) is 0 Å². The number of anilines is 2. The van der Waals surface area contributed by atoms with Crippen LogP contribution in [0.5, 0.6) is 0 Å². The van der Waals surface area contributed by atoms with Gasteiger partial charge in [-0.2, -0.15) is 0 Å². The first-order valence-electron chi connectivity index (χ1n) is 8.21. The predicted molar refractivity (Wildman–Crippen MR) is 117 cm³/mol. The van der Waals surface area contributed by atoms with Gasteiger partial charge in [0.2, 0.25) is 0 Å². The van der Waals surface area contributed by atoms with Crippen LogP contribution in [0.3, 0.4) is 0 Å². The Balaban J connectivity index is 1.66. The van der Waals surface area contributed by atoms with Crippen molar-refractivity contribution in [2.24, 2.45) is 0 Å². The second-order valence-corrected chi connectivity index (χ2v) is 7.53. The van der Waals surface area contributed by atoms with Gasteiger partial charge in [-0.15, -0.1) is 0 Å². The lowest BCUT2D eigenvalue weighted by Crippen LogP contribution is -2.13.